The van der Waals surface area contributed by atoms with Gasteiger partial charge in [0.15, 0.2) is 5.78 Å². The van der Waals surface area contributed by atoms with Crippen molar-refractivity contribution in [2.24, 2.45) is 0 Å². The van der Waals surface area contributed by atoms with Crippen LogP contribution in [0.5, 0.6) is 5.75 Å². The molecule has 0 saturated carbocycles. The number of aliphatic hydroxyl groups excluding tert-OH is 1. The number of morpholine rings is 1. The highest BCUT2D eigenvalue weighted by Gasteiger charge is 2.40. The summed E-state index contributed by atoms with van der Waals surface area (Å²) in [4.78, 5) is 51.2. The highest BCUT2D eigenvalue weighted by Crippen LogP contribution is 2.15. The number of benzene rings is 1. The molecular formula is C21H27N3O7. The van der Waals surface area contributed by atoms with Gasteiger partial charge in [0.1, 0.15) is 24.5 Å². The van der Waals surface area contributed by atoms with Gasteiger partial charge in [-0.15, -0.1) is 0 Å². The highest BCUT2D eigenvalue weighted by molar-refractivity contribution is 6.05. The third-order valence-corrected chi connectivity index (χ3v) is 5.18. The second-order valence-corrected chi connectivity index (χ2v) is 7.41. The number of aliphatic hydroxyl groups is 1. The molecular weight excluding hydrogens is 406 g/mol. The SMILES string of the molecule is CCC(=O)c1ccc(OC[C@H](O)CN2C(=O)N[C@H](CC(=O)N3CCOCC3)C2=O)cc1. The van der Waals surface area contributed by atoms with Crippen molar-refractivity contribution in [3.63, 3.8) is 0 Å². The predicted molar refractivity (Wildman–Crippen MR) is 109 cm³/mol. The van der Waals surface area contributed by atoms with Gasteiger partial charge in [0.25, 0.3) is 5.91 Å². The van der Waals surface area contributed by atoms with Gasteiger partial charge in [0.05, 0.1) is 26.2 Å². The van der Waals surface area contributed by atoms with Crippen molar-refractivity contribution < 1.29 is 33.8 Å². The fourth-order valence-corrected chi connectivity index (χ4v) is 3.40. The van der Waals surface area contributed by atoms with Crippen molar-refractivity contribution in [1.82, 2.24) is 15.1 Å². The van der Waals surface area contributed by atoms with Crippen molar-refractivity contribution in [3.05, 3.63) is 29.8 Å². The summed E-state index contributed by atoms with van der Waals surface area (Å²) < 4.78 is 10.7. The summed E-state index contributed by atoms with van der Waals surface area (Å²) >= 11 is 0. The van der Waals surface area contributed by atoms with E-state index in [-0.39, 0.29) is 31.3 Å². The Bertz CT molecular complexity index is 821. The number of hydrogen-bond donors (Lipinski definition) is 2. The molecule has 10 nitrogen and oxygen atoms in total. The standard InChI is InChI=1S/C21H27N3O7/c1-2-18(26)14-3-5-16(6-4-14)31-13-15(25)12-24-20(28)17(22-21(24)29)11-19(27)23-7-9-30-10-8-23/h3-6,15,17,25H,2,7-13H2,1H3,(H,22,29)/t15-,17-/m1/s1. The Hall–Kier alpha value is -2.98. The topological polar surface area (TPSA) is 125 Å². The summed E-state index contributed by atoms with van der Waals surface area (Å²) in [5, 5.41) is 12.7. The van der Waals surface area contributed by atoms with E-state index in [1.165, 1.54) is 0 Å². The number of carbonyl (C=O) groups excluding carboxylic acids is 4. The number of urea groups is 1. The number of nitrogens with zero attached hydrogens (tertiary/aromatic N) is 2. The number of carbonyl (C=O) groups is 4. The minimum absolute atomic E-state index is 0.0202. The molecule has 2 N–H and O–H groups in total. The third-order valence-electron chi connectivity index (χ3n) is 5.18. The Morgan fingerprint density at radius 2 is 1.90 bits per heavy atom. The van der Waals surface area contributed by atoms with Gasteiger partial charge in [-0.05, 0) is 24.3 Å². The van der Waals surface area contributed by atoms with E-state index in [1.807, 2.05) is 0 Å². The largest absolute Gasteiger partial charge is 0.491 e. The number of ether oxygens (including phenoxy) is 2. The first-order chi connectivity index (χ1) is 14.9. The first kappa shape index (κ1) is 22.7. The zero-order valence-electron chi connectivity index (χ0n) is 17.4. The molecule has 0 radical (unpaired) electrons. The summed E-state index contributed by atoms with van der Waals surface area (Å²) in [5.74, 6) is -0.296. The highest BCUT2D eigenvalue weighted by atomic mass is 16.5. The molecule has 31 heavy (non-hydrogen) atoms. The summed E-state index contributed by atoms with van der Waals surface area (Å²) in [6, 6.07) is 4.93. The summed E-state index contributed by atoms with van der Waals surface area (Å²) in [6.45, 7) is 3.21. The number of imide groups is 1. The van der Waals surface area contributed by atoms with E-state index in [2.05, 4.69) is 5.32 Å². The lowest BCUT2D eigenvalue weighted by molar-refractivity contribution is -0.138. The normalized spacial score (nSPS) is 19.9. The number of rotatable bonds is 9. The summed E-state index contributed by atoms with van der Waals surface area (Å²) in [6.07, 6.45) is -0.833. The molecule has 2 fully saturated rings. The van der Waals surface area contributed by atoms with Crippen LogP contribution in [-0.4, -0.2) is 90.1 Å². The maximum absolute atomic E-state index is 12.5. The Labute approximate surface area is 180 Å². The second-order valence-electron chi connectivity index (χ2n) is 7.41. The van der Waals surface area contributed by atoms with Crippen LogP contribution in [0, 0.1) is 0 Å². The molecule has 2 aliphatic heterocycles. The number of Topliss-reactive ketones (excluding diaryl/α,β-unsaturated/α-hetero) is 1. The van der Waals surface area contributed by atoms with Crippen molar-refractivity contribution in [2.75, 3.05) is 39.5 Å². The zero-order valence-corrected chi connectivity index (χ0v) is 17.4. The molecule has 4 amide bonds. The lowest BCUT2D eigenvalue weighted by atomic mass is 10.1. The molecule has 0 spiro atoms. The molecule has 0 aliphatic carbocycles. The van der Waals surface area contributed by atoms with Gasteiger partial charge in [0, 0.05) is 25.1 Å². The Morgan fingerprint density at radius 1 is 1.23 bits per heavy atom. The van der Waals surface area contributed by atoms with Crippen LogP contribution in [0.4, 0.5) is 4.79 Å². The van der Waals surface area contributed by atoms with E-state index >= 15 is 0 Å². The van der Waals surface area contributed by atoms with Crippen molar-refractivity contribution in [3.8, 4) is 5.75 Å². The third kappa shape index (κ3) is 5.80. The van der Waals surface area contributed by atoms with Gasteiger partial charge in [-0.1, -0.05) is 6.92 Å². The molecule has 2 aliphatic rings. The predicted octanol–water partition coefficient (Wildman–Crippen LogP) is 0.188. The lowest BCUT2D eigenvalue weighted by Crippen LogP contribution is -2.44. The fourth-order valence-electron chi connectivity index (χ4n) is 3.40. The van der Waals surface area contributed by atoms with E-state index in [9.17, 15) is 24.3 Å². The molecule has 2 atom stereocenters. The molecule has 10 heteroatoms. The van der Waals surface area contributed by atoms with Crippen LogP contribution in [0.3, 0.4) is 0 Å². The van der Waals surface area contributed by atoms with Crippen LogP contribution in [0.25, 0.3) is 0 Å². The fraction of sp³-hybridized carbons (Fsp3) is 0.524. The minimum atomic E-state index is -1.11. The average molecular weight is 433 g/mol. The number of amides is 4. The zero-order chi connectivity index (χ0) is 22.4. The summed E-state index contributed by atoms with van der Waals surface area (Å²) in [5.41, 5.74) is 0.576. The molecule has 2 heterocycles. The molecule has 1 aromatic rings. The molecule has 1 aromatic carbocycles. The molecule has 168 valence electrons. The lowest BCUT2D eigenvalue weighted by Gasteiger charge is -2.27. The number of hydrogen-bond acceptors (Lipinski definition) is 7. The summed E-state index contributed by atoms with van der Waals surface area (Å²) in [7, 11) is 0. The number of ketones is 1. The van der Waals surface area contributed by atoms with Gasteiger partial charge in [-0.2, -0.15) is 0 Å². The van der Waals surface area contributed by atoms with E-state index in [0.29, 0.717) is 44.0 Å². The average Bonchev–Trinajstić information content (AvgIpc) is 3.05. The van der Waals surface area contributed by atoms with Gasteiger partial charge in [-0.25, -0.2) is 4.79 Å². The van der Waals surface area contributed by atoms with Crippen molar-refractivity contribution in [1.29, 1.82) is 0 Å². The maximum atomic E-state index is 12.5. The second kappa shape index (κ2) is 10.4. The van der Waals surface area contributed by atoms with Crippen LogP contribution < -0.4 is 10.1 Å². The smallest absolute Gasteiger partial charge is 0.324 e. The first-order valence-corrected chi connectivity index (χ1v) is 10.3. The van der Waals surface area contributed by atoms with Gasteiger partial charge in [0.2, 0.25) is 5.91 Å². The van der Waals surface area contributed by atoms with Gasteiger partial charge < -0.3 is 24.8 Å². The Morgan fingerprint density at radius 3 is 2.55 bits per heavy atom. The van der Waals surface area contributed by atoms with E-state index < -0.39 is 24.1 Å². The van der Waals surface area contributed by atoms with E-state index in [1.54, 1.807) is 36.1 Å². The van der Waals surface area contributed by atoms with Crippen molar-refractivity contribution in [2.45, 2.75) is 31.9 Å². The molecule has 0 bridgehead atoms. The first-order valence-electron chi connectivity index (χ1n) is 10.3. The van der Waals surface area contributed by atoms with Crippen LogP contribution in [0.1, 0.15) is 30.1 Å². The quantitative estimate of drug-likeness (QED) is 0.421. The Kier molecular flexibility index (Phi) is 7.59. The van der Waals surface area contributed by atoms with Gasteiger partial charge >= 0.3 is 6.03 Å². The maximum Gasteiger partial charge on any atom is 0.324 e. The van der Waals surface area contributed by atoms with Crippen LogP contribution in [0.2, 0.25) is 0 Å². The van der Waals surface area contributed by atoms with E-state index in [4.69, 9.17) is 9.47 Å². The van der Waals surface area contributed by atoms with Crippen LogP contribution >= 0.6 is 0 Å². The molecule has 0 unspecified atom stereocenters. The molecule has 0 aromatic heterocycles. The van der Waals surface area contributed by atoms with E-state index in [0.717, 1.165) is 4.90 Å². The molecule has 2 saturated heterocycles. The Balaban J connectivity index is 1.47. The van der Waals surface area contributed by atoms with Crippen LogP contribution in [-0.2, 0) is 14.3 Å². The van der Waals surface area contributed by atoms with Crippen LogP contribution in [0.15, 0.2) is 24.3 Å². The number of nitrogens with one attached hydrogen (secondary N) is 1. The minimum Gasteiger partial charge on any atom is -0.491 e. The van der Waals surface area contributed by atoms with Gasteiger partial charge in [-0.3, -0.25) is 19.3 Å². The number of β-amino-alcohol motifs (C(OH)–C–C–N with tert-alkyl or cyclic N) is 1. The monoisotopic (exact) mass is 433 g/mol. The molecule has 3 rings (SSSR count). The van der Waals surface area contributed by atoms with Crippen molar-refractivity contribution >= 4 is 23.6 Å².